The Kier molecular flexibility index (Phi) is 4.20. The predicted molar refractivity (Wildman–Crippen MR) is 40.9 cm³/mol. The topological polar surface area (TPSA) is 45.8 Å². The molecule has 0 aliphatic heterocycles. The normalized spacial score (nSPS) is 7.90. The van der Waals surface area contributed by atoms with E-state index in [1.807, 2.05) is 20.8 Å². The molecule has 1 aromatic heterocycles. The van der Waals surface area contributed by atoms with Crippen LogP contribution in [0.4, 0.5) is 0 Å². The molecule has 56 valence electrons. The maximum atomic E-state index is 10.3. The number of nitrogens with one attached hydrogen (secondary N) is 1. The first-order valence-electron chi connectivity index (χ1n) is 3.31. The van der Waals surface area contributed by atoms with Crippen LogP contribution in [0.15, 0.2) is 16.9 Å². The van der Waals surface area contributed by atoms with Crippen molar-refractivity contribution < 1.29 is 0 Å². The second-order valence-electron chi connectivity index (χ2n) is 1.56. The van der Waals surface area contributed by atoms with E-state index < -0.39 is 0 Å². The Balaban J connectivity index is 0.000000371. The lowest BCUT2D eigenvalue weighted by Crippen LogP contribution is -2.05. The molecule has 1 aromatic rings. The molecule has 0 aromatic carbocycles. The molecular weight excluding hydrogens is 128 g/mol. The summed E-state index contributed by atoms with van der Waals surface area (Å²) in [6.45, 7) is 5.82. The van der Waals surface area contributed by atoms with Gasteiger partial charge >= 0.3 is 0 Å². The van der Waals surface area contributed by atoms with Crippen LogP contribution in [0, 0.1) is 6.92 Å². The highest BCUT2D eigenvalue weighted by molar-refractivity contribution is 4.95. The van der Waals surface area contributed by atoms with Crippen molar-refractivity contribution in [1.29, 1.82) is 0 Å². The molecule has 0 saturated heterocycles. The van der Waals surface area contributed by atoms with E-state index in [2.05, 4.69) is 10.2 Å². The molecule has 0 aliphatic carbocycles. The van der Waals surface area contributed by atoms with Crippen molar-refractivity contribution in [1.82, 2.24) is 10.2 Å². The highest BCUT2D eigenvalue weighted by Crippen LogP contribution is 1.78. The van der Waals surface area contributed by atoms with Gasteiger partial charge in [0.05, 0.1) is 5.69 Å². The van der Waals surface area contributed by atoms with E-state index in [1.165, 1.54) is 6.07 Å². The summed E-state index contributed by atoms with van der Waals surface area (Å²) in [6.07, 6.45) is 0. The van der Waals surface area contributed by atoms with E-state index in [9.17, 15) is 4.79 Å². The maximum Gasteiger partial charge on any atom is 0.264 e. The Bertz CT molecular complexity index is 209. The SMILES string of the molecule is CC.Cc1ccc(=O)[nH]n1. The monoisotopic (exact) mass is 140 g/mol. The summed E-state index contributed by atoms with van der Waals surface area (Å²) in [4.78, 5) is 10.3. The molecule has 0 amide bonds. The Labute approximate surface area is 60.1 Å². The van der Waals surface area contributed by atoms with Crippen molar-refractivity contribution in [2.24, 2.45) is 0 Å². The molecule has 0 radical (unpaired) electrons. The van der Waals surface area contributed by atoms with E-state index >= 15 is 0 Å². The quantitative estimate of drug-likeness (QED) is 0.586. The average molecular weight is 140 g/mol. The fraction of sp³-hybridized carbons (Fsp3) is 0.429. The Morgan fingerprint density at radius 1 is 1.40 bits per heavy atom. The summed E-state index contributed by atoms with van der Waals surface area (Å²) in [5.74, 6) is 0. The molecule has 1 rings (SSSR count). The van der Waals surface area contributed by atoms with E-state index in [4.69, 9.17) is 0 Å². The summed E-state index contributed by atoms with van der Waals surface area (Å²) >= 11 is 0. The van der Waals surface area contributed by atoms with Crippen molar-refractivity contribution in [2.45, 2.75) is 20.8 Å². The van der Waals surface area contributed by atoms with Gasteiger partial charge in [0.1, 0.15) is 0 Å². The van der Waals surface area contributed by atoms with Gasteiger partial charge in [0, 0.05) is 6.07 Å². The first kappa shape index (κ1) is 8.88. The maximum absolute atomic E-state index is 10.3. The number of hydrogen-bond donors (Lipinski definition) is 1. The molecule has 10 heavy (non-hydrogen) atoms. The van der Waals surface area contributed by atoms with Crippen LogP contribution in [-0.2, 0) is 0 Å². The van der Waals surface area contributed by atoms with Crippen LogP contribution >= 0.6 is 0 Å². The first-order chi connectivity index (χ1) is 4.79. The Hall–Kier alpha value is -1.12. The minimum absolute atomic E-state index is 0.157. The minimum atomic E-state index is -0.157. The summed E-state index contributed by atoms with van der Waals surface area (Å²) in [5.41, 5.74) is 0.667. The number of rotatable bonds is 0. The van der Waals surface area contributed by atoms with Gasteiger partial charge in [-0.1, -0.05) is 13.8 Å². The second-order valence-corrected chi connectivity index (χ2v) is 1.56. The van der Waals surface area contributed by atoms with Gasteiger partial charge in [0.2, 0.25) is 0 Å². The zero-order valence-electron chi connectivity index (χ0n) is 6.51. The van der Waals surface area contributed by atoms with Gasteiger partial charge in [-0.3, -0.25) is 4.79 Å². The zero-order chi connectivity index (χ0) is 7.98. The van der Waals surface area contributed by atoms with Crippen LogP contribution in [0.25, 0.3) is 0 Å². The van der Waals surface area contributed by atoms with Gasteiger partial charge in [0.25, 0.3) is 5.56 Å². The van der Waals surface area contributed by atoms with E-state index in [0.29, 0.717) is 0 Å². The van der Waals surface area contributed by atoms with Crippen molar-refractivity contribution in [3.63, 3.8) is 0 Å². The zero-order valence-corrected chi connectivity index (χ0v) is 6.51. The molecule has 0 unspecified atom stereocenters. The highest BCUT2D eigenvalue weighted by atomic mass is 16.1. The predicted octanol–water partition coefficient (Wildman–Crippen LogP) is 1.10. The number of H-pyrrole nitrogens is 1. The van der Waals surface area contributed by atoms with Crippen LogP contribution in [0.3, 0.4) is 0 Å². The van der Waals surface area contributed by atoms with Crippen molar-refractivity contribution >= 4 is 0 Å². The standard InChI is InChI=1S/C5H6N2O.C2H6/c1-4-2-3-5(8)7-6-4;1-2/h2-3H,1H3,(H,7,8);1-2H3. The molecule has 3 nitrogen and oxygen atoms in total. The van der Waals surface area contributed by atoms with Gasteiger partial charge < -0.3 is 0 Å². The molecule has 0 bridgehead atoms. The van der Waals surface area contributed by atoms with Crippen molar-refractivity contribution in [3.8, 4) is 0 Å². The largest absolute Gasteiger partial charge is 0.268 e. The average Bonchev–Trinajstić information content (AvgIpc) is 2.00. The van der Waals surface area contributed by atoms with Crippen molar-refractivity contribution in [3.05, 3.63) is 28.2 Å². The molecular formula is C7H12N2O. The van der Waals surface area contributed by atoms with Gasteiger partial charge in [-0.25, -0.2) is 5.10 Å². The van der Waals surface area contributed by atoms with Gasteiger partial charge in [-0.2, -0.15) is 5.10 Å². The molecule has 3 heteroatoms. The third-order valence-electron chi connectivity index (χ3n) is 0.818. The highest BCUT2D eigenvalue weighted by Gasteiger charge is 1.80. The number of aryl methyl sites for hydroxylation is 1. The molecule has 0 aliphatic rings. The van der Waals surface area contributed by atoms with E-state index in [0.717, 1.165) is 5.69 Å². The Morgan fingerprint density at radius 3 is 2.30 bits per heavy atom. The number of aromatic amines is 1. The van der Waals surface area contributed by atoms with E-state index in [-0.39, 0.29) is 5.56 Å². The lowest BCUT2D eigenvalue weighted by molar-refractivity contribution is 0.946. The lowest BCUT2D eigenvalue weighted by atomic mass is 10.4. The fourth-order valence-corrected chi connectivity index (χ4v) is 0.414. The third kappa shape index (κ3) is 3.02. The molecule has 1 heterocycles. The molecule has 0 spiro atoms. The Morgan fingerprint density at radius 2 is 2.00 bits per heavy atom. The molecule has 0 saturated carbocycles. The fourth-order valence-electron chi connectivity index (χ4n) is 0.414. The van der Waals surface area contributed by atoms with Gasteiger partial charge in [-0.05, 0) is 13.0 Å². The summed E-state index contributed by atoms with van der Waals surface area (Å²) in [6, 6.07) is 3.11. The second kappa shape index (κ2) is 4.73. The van der Waals surface area contributed by atoms with E-state index in [1.54, 1.807) is 6.07 Å². The number of nitrogens with zero attached hydrogens (tertiary/aromatic N) is 1. The molecule has 1 N–H and O–H groups in total. The molecule has 0 atom stereocenters. The summed E-state index contributed by atoms with van der Waals surface area (Å²) in [5, 5.41) is 5.94. The van der Waals surface area contributed by atoms with Gasteiger partial charge in [-0.15, -0.1) is 0 Å². The van der Waals surface area contributed by atoms with Crippen LogP contribution in [0.1, 0.15) is 19.5 Å². The lowest BCUT2D eigenvalue weighted by Gasteiger charge is -1.82. The van der Waals surface area contributed by atoms with Crippen LogP contribution < -0.4 is 5.56 Å². The van der Waals surface area contributed by atoms with Crippen LogP contribution in [-0.4, -0.2) is 10.2 Å². The first-order valence-corrected chi connectivity index (χ1v) is 3.31. The van der Waals surface area contributed by atoms with Crippen LogP contribution in [0.5, 0.6) is 0 Å². The number of aromatic nitrogens is 2. The molecule has 0 fully saturated rings. The third-order valence-corrected chi connectivity index (χ3v) is 0.818. The smallest absolute Gasteiger partial charge is 0.264 e. The van der Waals surface area contributed by atoms with Crippen LogP contribution in [0.2, 0.25) is 0 Å². The summed E-state index contributed by atoms with van der Waals surface area (Å²) in [7, 11) is 0. The minimum Gasteiger partial charge on any atom is -0.268 e. The summed E-state index contributed by atoms with van der Waals surface area (Å²) < 4.78 is 0. The van der Waals surface area contributed by atoms with Gasteiger partial charge in [0.15, 0.2) is 0 Å². The number of hydrogen-bond acceptors (Lipinski definition) is 2. The van der Waals surface area contributed by atoms with Crippen molar-refractivity contribution in [2.75, 3.05) is 0 Å².